The summed E-state index contributed by atoms with van der Waals surface area (Å²) in [5.41, 5.74) is 8.65. The molecule has 35 heavy (non-hydrogen) atoms. The zero-order valence-electron chi connectivity index (χ0n) is 18.8. The van der Waals surface area contributed by atoms with Gasteiger partial charge in [0.2, 0.25) is 0 Å². The maximum atomic E-state index is 6.83. The van der Waals surface area contributed by atoms with E-state index in [1.165, 1.54) is 16.3 Å². The number of hydrogen-bond acceptors (Lipinski definition) is 1. The van der Waals surface area contributed by atoms with Gasteiger partial charge in [-0.3, -0.25) is 0 Å². The molecule has 3 heteroatoms. The van der Waals surface area contributed by atoms with E-state index < -0.39 is 0 Å². The van der Waals surface area contributed by atoms with Crippen molar-refractivity contribution in [1.29, 1.82) is 0 Å². The largest absolute Gasteiger partial charge is 0.451 e. The molecule has 0 aliphatic carbocycles. The molecule has 0 aliphatic rings. The Kier molecular flexibility index (Phi) is 3.66. The third-order valence-corrected chi connectivity index (χ3v) is 7.11. The van der Waals surface area contributed by atoms with Crippen LogP contribution in [0.5, 0.6) is 0 Å². The highest BCUT2D eigenvalue weighted by molar-refractivity contribution is 6.24. The number of para-hydroxylation sites is 4. The van der Waals surface area contributed by atoms with Crippen LogP contribution in [0.2, 0.25) is 0 Å². The molecule has 0 amide bonds. The molecule has 0 N–H and O–H groups in total. The highest BCUT2D eigenvalue weighted by atomic mass is 16.3. The summed E-state index contributed by atoms with van der Waals surface area (Å²) in [6.07, 6.45) is 0. The number of nitrogens with zero attached hydrogens (tertiary/aromatic N) is 2. The molecule has 0 atom stereocenters. The minimum absolute atomic E-state index is 0.919. The van der Waals surface area contributed by atoms with E-state index in [4.69, 9.17) is 4.42 Å². The molecule has 0 unspecified atom stereocenters. The smallest absolute Gasteiger partial charge is 0.161 e. The summed E-state index contributed by atoms with van der Waals surface area (Å²) in [5.74, 6) is 0. The van der Waals surface area contributed by atoms with Gasteiger partial charge in [0.25, 0.3) is 0 Å². The van der Waals surface area contributed by atoms with Gasteiger partial charge in [0.1, 0.15) is 5.52 Å². The van der Waals surface area contributed by atoms with Crippen molar-refractivity contribution in [3.8, 4) is 11.4 Å². The lowest BCUT2D eigenvalue weighted by Crippen LogP contribution is -1.94. The molecule has 0 saturated heterocycles. The molecule has 0 radical (unpaired) electrons. The van der Waals surface area contributed by atoms with E-state index in [1.807, 2.05) is 0 Å². The van der Waals surface area contributed by atoms with Gasteiger partial charge in [-0.15, -0.1) is 0 Å². The molecular formula is C32H20N2O. The van der Waals surface area contributed by atoms with Gasteiger partial charge in [0, 0.05) is 32.9 Å². The summed E-state index contributed by atoms with van der Waals surface area (Å²) >= 11 is 0. The fraction of sp³-hybridized carbons (Fsp3) is 0. The Labute approximate surface area is 201 Å². The van der Waals surface area contributed by atoms with E-state index >= 15 is 0 Å². The highest BCUT2D eigenvalue weighted by Gasteiger charge is 2.23. The van der Waals surface area contributed by atoms with Crippen LogP contribution < -0.4 is 0 Å². The van der Waals surface area contributed by atoms with Gasteiger partial charge in [-0.1, -0.05) is 72.8 Å². The van der Waals surface area contributed by atoms with Crippen LogP contribution in [0.4, 0.5) is 0 Å². The quantitative estimate of drug-likeness (QED) is 0.259. The van der Waals surface area contributed by atoms with Gasteiger partial charge in [0.15, 0.2) is 11.2 Å². The van der Waals surface area contributed by atoms with Crippen LogP contribution in [0.15, 0.2) is 126 Å². The molecule has 3 heterocycles. The Morgan fingerprint density at radius 3 is 1.49 bits per heavy atom. The third-order valence-electron chi connectivity index (χ3n) is 7.11. The van der Waals surface area contributed by atoms with Crippen LogP contribution in [0.3, 0.4) is 0 Å². The Bertz CT molecular complexity index is 2040. The molecule has 0 aliphatic heterocycles. The Hall–Kier alpha value is -4.76. The van der Waals surface area contributed by atoms with Crippen LogP contribution in [0, 0.1) is 0 Å². The van der Waals surface area contributed by atoms with Gasteiger partial charge in [-0.2, -0.15) is 0 Å². The summed E-state index contributed by atoms with van der Waals surface area (Å²) in [6, 6.07) is 42.7. The first kappa shape index (κ1) is 18.6. The maximum absolute atomic E-state index is 6.83. The lowest BCUT2D eigenvalue weighted by molar-refractivity contribution is 0.675. The van der Waals surface area contributed by atoms with Crippen molar-refractivity contribution in [3.63, 3.8) is 0 Å². The van der Waals surface area contributed by atoms with Crippen molar-refractivity contribution in [2.45, 2.75) is 0 Å². The summed E-state index contributed by atoms with van der Waals surface area (Å²) in [4.78, 5) is 0. The molecule has 5 aromatic carbocycles. The number of aromatic nitrogens is 2. The first-order chi connectivity index (χ1) is 17.4. The molecule has 0 fully saturated rings. The van der Waals surface area contributed by atoms with E-state index in [0.717, 1.165) is 49.9 Å². The van der Waals surface area contributed by atoms with Gasteiger partial charge in [-0.05, 0) is 48.5 Å². The van der Waals surface area contributed by atoms with Crippen LogP contribution >= 0.6 is 0 Å². The molecule has 3 aromatic heterocycles. The van der Waals surface area contributed by atoms with Crippen molar-refractivity contribution in [2.24, 2.45) is 0 Å². The lowest BCUT2D eigenvalue weighted by Gasteiger charge is -2.09. The van der Waals surface area contributed by atoms with Crippen molar-refractivity contribution >= 4 is 54.8 Å². The number of furan rings is 1. The lowest BCUT2D eigenvalue weighted by atomic mass is 10.1. The van der Waals surface area contributed by atoms with Crippen LogP contribution in [0.1, 0.15) is 0 Å². The fourth-order valence-corrected chi connectivity index (χ4v) is 5.67. The molecule has 0 saturated carbocycles. The average Bonchev–Trinajstić information content (AvgIpc) is 3.56. The standard InChI is InChI=1S/C32H20N2O/c1-3-11-21(12-4-1)33-27-17-9-7-15-23(27)24-19-20-26-30-31(35-32(26)29(24)33)25-16-8-10-18-28(25)34(30)22-13-5-2-6-14-22/h1-20H. The van der Waals surface area contributed by atoms with Crippen LogP contribution in [-0.4, -0.2) is 9.13 Å². The Morgan fingerprint density at radius 1 is 0.371 bits per heavy atom. The van der Waals surface area contributed by atoms with E-state index in [9.17, 15) is 0 Å². The SMILES string of the molecule is c1ccc(-n2c3ccccc3c3ccc4c(oc5c6ccccc6n(-c6ccccc6)c45)c32)cc1. The first-order valence-electron chi connectivity index (χ1n) is 11.9. The average molecular weight is 449 g/mol. The molecule has 0 spiro atoms. The van der Waals surface area contributed by atoms with Gasteiger partial charge in [0.05, 0.1) is 16.6 Å². The summed E-state index contributed by atoms with van der Waals surface area (Å²) in [5, 5.41) is 4.67. The zero-order chi connectivity index (χ0) is 22.9. The maximum Gasteiger partial charge on any atom is 0.161 e. The number of hydrogen-bond donors (Lipinski definition) is 0. The summed E-state index contributed by atoms with van der Waals surface area (Å²) in [6.45, 7) is 0. The van der Waals surface area contributed by atoms with E-state index in [0.29, 0.717) is 0 Å². The number of rotatable bonds is 2. The van der Waals surface area contributed by atoms with Gasteiger partial charge < -0.3 is 13.6 Å². The minimum Gasteiger partial charge on any atom is -0.451 e. The van der Waals surface area contributed by atoms with Gasteiger partial charge in [-0.25, -0.2) is 0 Å². The van der Waals surface area contributed by atoms with Gasteiger partial charge >= 0.3 is 0 Å². The third kappa shape index (κ3) is 2.44. The molecule has 0 bridgehead atoms. The molecule has 3 nitrogen and oxygen atoms in total. The second-order valence-electron chi connectivity index (χ2n) is 8.99. The van der Waals surface area contributed by atoms with Crippen LogP contribution in [0.25, 0.3) is 66.2 Å². The Balaban J connectivity index is 1.62. The topological polar surface area (TPSA) is 23.0 Å². The number of benzene rings is 5. The van der Waals surface area contributed by atoms with Crippen molar-refractivity contribution in [3.05, 3.63) is 121 Å². The molecule has 8 rings (SSSR count). The normalized spacial score (nSPS) is 12.0. The Morgan fingerprint density at radius 2 is 0.829 bits per heavy atom. The van der Waals surface area contributed by atoms with Crippen LogP contribution in [-0.2, 0) is 0 Å². The van der Waals surface area contributed by atoms with E-state index in [2.05, 4.69) is 130 Å². The summed E-state index contributed by atoms with van der Waals surface area (Å²) < 4.78 is 11.5. The minimum atomic E-state index is 0.919. The first-order valence-corrected chi connectivity index (χ1v) is 11.9. The molecule has 164 valence electrons. The fourth-order valence-electron chi connectivity index (χ4n) is 5.67. The van der Waals surface area contributed by atoms with E-state index in [-0.39, 0.29) is 0 Å². The number of fused-ring (bicyclic) bond motifs is 9. The second kappa shape index (κ2) is 6.87. The van der Waals surface area contributed by atoms with Crippen molar-refractivity contribution < 1.29 is 4.42 Å². The molecular weight excluding hydrogens is 428 g/mol. The molecule has 8 aromatic rings. The van der Waals surface area contributed by atoms with Crippen molar-refractivity contribution in [2.75, 3.05) is 0 Å². The zero-order valence-corrected chi connectivity index (χ0v) is 18.8. The summed E-state index contributed by atoms with van der Waals surface area (Å²) in [7, 11) is 0. The second-order valence-corrected chi connectivity index (χ2v) is 8.99. The highest BCUT2D eigenvalue weighted by Crippen LogP contribution is 2.43. The van der Waals surface area contributed by atoms with E-state index in [1.54, 1.807) is 0 Å². The van der Waals surface area contributed by atoms with Crippen molar-refractivity contribution in [1.82, 2.24) is 9.13 Å². The predicted octanol–water partition coefficient (Wildman–Crippen LogP) is 8.63. The predicted molar refractivity (Wildman–Crippen MR) is 145 cm³/mol. The monoisotopic (exact) mass is 448 g/mol.